The smallest absolute Gasteiger partial charge is 0.403 e. The van der Waals surface area contributed by atoms with Crippen molar-refractivity contribution in [3.05, 3.63) is 29.6 Å². The third-order valence-corrected chi connectivity index (χ3v) is 1.71. The largest absolute Gasteiger partial charge is 0.573 e. The second-order valence-corrected chi connectivity index (χ2v) is 3.03. The van der Waals surface area contributed by atoms with Crippen molar-refractivity contribution < 1.29 is 22.3 Å². The predicted octanol–water partition coefficient (Wildman–Crippen LogP) is 2.74. The Morgan fingerprint density at radius 1 is 1.33 bits per heavy atom. The van der Waals surface area contributed by atoms with Gasteiger partial charge in [-0.05, 0) is 24.6 Å². The van der Waals surface area contributed by atoms with E-state index in [1.165, 1.54) is 6.07 Å². The van der Waals surface area contributed by atoms with Crippen LogP contribution < -0.4 is 10.5 Å². The summed E-state index contributed by atoms with van der Waals surface area (Å²) in [4.78, 5) is 0. The van der Waals surface area contributed by atoms with E-state index in [1.54, 1.807) is 6.92 Å². The molecule has 15 heavy (non-hydrogen) atoms. The molecule has 0 aliphatic heterocycles. The van der Waals surface area contributed by atoms with Crippen LogP contribution in [0.2, 0.25) is 0 Å². The zero-order valence-corrected chi connectivity index (χ0v) is 7.81. The van der Waals surface area contributed by atoms with Gasteiger partial charge in [0.2, 0.25) is 0 Å². The minimum absolute atomic E-state index is 0.405. The van der Waals surface area contributed by atoms with Crippen LogP contribution in [0, 0.1) is 5.82 Å². The second-order valence-electron chi connectivity index (χ2n) is 3.03. The molecule has 2 nitrogen and oxygen atoms in total. The highest BCUT2D eigenvalue weighted by atomic mass is 19.4. The highest BCUT2D eigenvalue weighted by molar-refractivity contribution is 5.30. The fraction of sp³-hybridized carbons (Fsp3) is 0.333. The average molecular weight is 223 g/mol. The number of hydrogen-bond acceptors (Lipinski definition) is 2. The Morgan fingerprint density at radius 3 is 2.33 bits per heavy atom. The molecule has 0 fully saturated rings. The Hall–Kier alpha value is -1.30. The molecule has 1 atom stereocenters. The minimum Gasteiger partial charge on any atom is -0.403 e. The lowest BCUT2D eigenvalue weighted by atomic mass is 10.1. The van der Waals surface area contributed by atoms with E-state index in [0.29, 0.717) is 5.56 Å². The fourth-order valence-corrected chi connectivity index (χ4v) is 1.01. The lowest BCUT2D eigenvalue weighted by molar-refractivity contribution is -0.275. The first-order valence-corrected chi connectivity index (χ1v) is 4.10. The highest BCUT2D eigenvalue weighted by Crippen LogP contribution is 2.27. The van der Waals surface area contributed by atoms with Gasteiger partial charge in [-0.2, -0.15) is 0 Å². The lowest BCUT2D eigenvalue weighted by Crippen LogP contribution is -2.18. The molecule has 2 N–H and O–H groups in total. The van der Waals surface area contributed by atoms with Gasteiger partial charge < -0.3 is 10.5 Å². The van der Waals surface area contributed by atoms with Crippen molar-refractivity contribution in [2.75, 3.05) is 0 Å². The number of nitrogens with two attached hydrogens (primary N) is 1. The maximum absolute atomic E-state index is 13.1. The van der Waals surface area contributed by atoms with Gasteiger partial charge in [0.15, 0.2) is 11.6 Å². The SMILES string of the molecule is C[C@H](N)c1ccc(OC(F)(F)F)c(F)c1. The molecule has 0 bridgehead atoms. The summed E-state index contributed by atoms with van der Waals surface area (Å²) in [6.45, 7) is 1.60. The van der Waals surface area contributed by atoms with E-state index in [4.69, 9.17) is 5.73 Å². The summed E-state index contributed by atoms with van der Waals surface area (Å²) in [5.74, 6) is -1.94. The van der Waals surface area contributed by atoms with E-state index in [9.17, 15) is 17.6 Å². The maximum atomic E-state index is 13.1. The Balaban J connectivity index is 2.94. The summed E-state index contributed by atoms with van der Waals surface area (Å²) in [5, 5.41) is 0. The van der Waals surface area contributed by atoms with Crippen LogP contribution in [0.5, 0.6) is 5.75 Å². The van der Waals surface area contributed by atoms with E-state index < -0.39 is 24.0 Å². The molecule has 0 aliphatic carbocycles. The summed E-state index contributed by atoms with van der Waals surface area (Å²) < 4.78 is 51.8. The number of halogens is 4. The van der Waals surface area contributed by atoms with E-state index >= 15 is 0 Å². The Kier molecular flexibility index (Phi) is 3.18. The second kappa shape index (κ2) is 4.06. The van der Waals surface area contributed by atoms with Crippen LogP contribution in [0.15, 0.2) is 18.2 Å². The van der Waals surface area contributed by atoms with Crippen molar-refractivity contribution >= 4 is 0 Å². The fourth-order valence-electron chi connectivity index (χ4n) is 1.01. The van der Waals surface area contributed by atoms with Crippen molar-refractivity contribution in [1.82, 2.24) is 0 Å². The molecule has 6 heteroatoms. The maximum Gasteiger partial charge on any atom is 0.573 e. The molecule has 1 rings (SSSR count). The van der Waals surface area contributed by atoms with Gasteiger partial charge in [0.25, 0.3) is 0 Å². The Bertz CT molecular complexity index is 348. The molecule has 0 unspecified atom stereocenters. The van der Waals surface area contributed by atoms with Crippen molar-refractivity contribution in [3.8, 4) is 5.75 Å². The Morgan fingerprint density at radius 2 is 1.93 bits per heavy atom. The molecular weight excluding hydrogens is 214 g/mol. The molecule has 0 saturated carbocycles. The van der Waals surface area contributed by atoms with Gasteiger partial charge in [-0.25, -0.2) is 4.39 Å². The van der Waals surface area contributed by atoms with E-state index in [2.05, 4.69) is 4.74 Å². The quantitative estimate of drug-likeness (QED) is 0.782. The lowest BCUT2D eigenvalue weighted by Gasteiger charge is -2.11. The summed E-state index contributed by atoms with van der Waals surface area (Å²) in [6.07, 6.45) is -4.89. The zero-order chi connectivity index (χ0) is 11.6. The van der Waals surface area contributed by atoms with Crippen LogP contribution in [0.1, 0.15) is 18.5 Å². The molecule has 0 aromatic heterocycles. The van der Waals surface area contributed by atoms with Crippen LogP contribution >= 0.6 is 0 Å². The standard InChI is InChI=1S/C9H9F4NO/c1-5(14)6-2-3-8(7(10)4-6)15-9(11,12)13/h2-5H,14H2,1H3/t5-/m0/s1. The molecule has 0 heterocycles. The predicted molar refractivity (Wildman–Crippen MR) is 45.7 cm³/mol. The van der Waals surface area contributed by atoms with Crippen molar-refractivity contribution in [2.24, 2.45) is 5.73 Å². The first-order chi connectivity index (χ1) is 6.79. The first kappa shape index (κ1) is 11.8. The molecular formula is C9H9F4NO. The number of rotatable bonds is 2. The van der Waals surface area contributed by atoms with E-state index in [1.807, 2.05) is 0 Å². The zero-order valence-electron chi connectivity index (χ0n) is 7.81. The van der Waals surface area contributed by atoms with Gasteiger partial charge in [-0.1, -0.05) is 6.07 Å². The Labute approximate surface area is 83.6 Å². The first-order valence-electron chi connectivity index (χ1n) is 4.10. The monoisotopic (exact) mass is 223 g/mol. The van der Waals surface area contributed by atoms with Gasteiger partial charge in [-0.3, -0.25) is 0 Å². The third kappa shape index (κ3) is 3.39. The van der Waals surface area contributed by atoms with E-state index in [-0.39, 0.29) is 0 Å². The van der Waals surface area contributed by atoms with Crippen LogP contribution in [-0.2, 0) is 0 Å². The molecule has 84 valence electrons. The summed E-state index contributed by atoms with van der Waals surface area (Å²) >= 11 is 0. The van der Waals surface area contributed by atoms with E-state index in [0.717, 1.165) is 12.1 Å². The molecule has 0 amide bonds. The van der Waals surface area contributed by atoms with Crippen LogP contribution in [-0.4, -0.2) is 6.36 Å². The van der Waals surface area contributed by atoms with Crippen molar-refractivity contribution in [3.63, 3.8) is 0 Å². The van der Waals surface area contributed by atoms with Crippen LogP contribution in [0.4, 0.5) is 17.6 Å². The van der Waals surface area contributed by atoms with Gasteiger partial charge in [0.1, 0.15) is 0 Å². The van der Waals surface area contributed by atoms with Crippen molar-refractivity contribution in [1.29, 1.82) is 0 Å². The summed E-state index contributed by atoms with van der Waals surface area (Å²) in [6, 6.07) is 2.67. The summed E-state index contributed by atoms with van der Waals surface area (Å²) in [5.41, 5.74) is 5.83. The normalized spacial score (nSPS) is 13.7. The van der Waals surface area contributed by atoms with Crippen LogP contribution in [0.25, 0.3) is 0 Å². The average Bonchev–Trinajstić information content (AvgIpc) is 2.05. The summed E-state index contributed by atoms with van der Waals surface area (Å²) in [7, 11) is 0. The molecule has 1 aromatic carbocycles. The molecule has 0 aliphatic rings. The molecule has 0 saturated heterocycles. The van der Waals surface area contributed by atoms with Gasteiger partial charge in [-0.15, -0.1) is 13.2 Å². The number of hydrogen-bond donors (Lipinski definition) is 1. The van der Waals surface area contributed by atoms with Gasteiger partial charge >= 0.3 is 6.36 Å². The number of alkyl halides is 3. The highest BCUT2D eigenvalue weighted by Gasteiger charge is 2.32. The molecule has 0 spiro atoms. The van der Waals surface area contributed by atoms with Gasteiger partial charge in [0, 0.05) is 6.04 Å². The number of benzene rings is 1. The molecule has 0 radical (unpaired) electrons. The topological polar surface area (TPSA) is 35.2 Å². The van der Waals surface area contributed by atoms with Crippen molar-refractivity contribution in [2.45, 2.75) is 19.3 Å². The third-order valence-electron chi connectivity index (χ3n) is 1.71. The van der Waals surface area contributed by atoms with Crippen LogP contribution in [0.3, 0.4) is 0 Å². The van der Waals surface area contributed by atoms with Gasteiger partial charge in [0.05, 0.1) is 0 Å². The molecule has 1 aromatic rings. The number of ether oxygens (including phenoxy) is 1. The minimum atomic E-state index is -4.89.